The van der Waals surface area contributed by atoms with Crippen LogP contribution in [0.3, 0.4) is 0 Å². The summed E-state index contributed by atoms with van der Waals surface area (Å²) in [6, 6.07) is 7.56. The van der Waals surface area contributed by atoms with Crippen LogP contribution in [0.25, 0.3) is 11.1 Å². The Hall–Kier alpha value is -2.67. The van der Waals surface area contributed by atoms with Gasteiger partial charge in [-0.2, -0.15) is 5.10 Å². The van der Waals surface area contributed by atoms with Gasteiger partial charge in [0, 0.05) is 37.0 Å². The van der Waals surface area contributed by atoms with Gasteiger partial charge in [-0.15, -0.1) is 0 Å². The predicted molar refractivity (Wildman–Crippen MR) is 102 cm³/mol. The first-order valence-corrected chi connectivity index (χ1v) is 9.15. The van der Waals surface area contributed by atoms with Crippen LogP contribution >= 0.6 is 0 Å². The number of hydrogen-bond donors (Lipinski definition) is 1. The van der Waals surface area contributed by atoms with Gasteiger partial charge in [-0.05, 0) is 44.4 Å². The molecule has 0 saturated carbocycles. The van der Waals surface area contributed by atoms with E-state index in [0.29, 0.717) is 12.1 Å². The summed E-state index contributed by atoms with van der Waals surface area (Å²) < 4.78 is 7.03. The van der Waals surface area contributed by atoms with E-state index in [4.69, 9.17) is 10.5 Å². The number of nitrogens with zero attached hydrogens (tertiary/aromatic N) is 3. The maximum absolute atomic E-state index is 13.0. The minimum absolute atomic E-state index is 0.0124. The zero-order valence-electron chi connectivity index (χ0n) is 16.1. The second kappa shape index (κ2) is 7.92. The van der Waals surface area contributed by atoms with Gasteiger partial charge >= 0.3 is 0 Å². The van der Waals surface area contributed by atoms with Crippen molar-refractivity contribution in [1.29, 1.82) is 0 Å². The van der Waals surface area contributed by atoms with Crippen LogP contribution in [0.15, 0.2) is 24.3 Å². The monoisotopic (exact) mass is 370 g/mol. The maximum atomic E-state index is 13.0. The molecule has 1 atom stereocenters. The number of aromatic nitrogens is 2. The van der Waals surface area contributed by atoms with Crippen LogP contribution in [-0.4, -0.2) is 52.8 Å². The average molecular weight is 370 g/mol. The Bertz CT molecular complexity index is 859. The largest absolute Gasteiger partial charge is 0.380 e. The Balaban J connectivity index is 1.89. The van der Waals surface area contributed by atoms with E-state index >= 15 is 0 Å². The summed E-state index contributed by atoms with van der Waals surface area (Å²) in [5, 5.41) is 4.42. The molecule has 2 N–H and O–H groups in total. The number of hydrogen-bond acceptors (Lipinski definition) is 4. The molecule has 2 aromatic rings. The molecular weight excluding hydrogens is 344 g/mol. The highest BCUT2D eigenvalue weighted by atomic mass is 16.5. The van der Waals surface area contributed by atoms with E-state index in [2.05, 4.69) is 5.10 Å². The van der Waals surface area contributed by atoms with Crippen LogP contribution in [0.2, 0.25) is 0 Å². The first kappa shape index (κ1) is 19.1. The van der Waals surface area contributed by atoms with E-state index in [0.717, 1.165) is 41.9 Å². The zero-order valence-corrected chi connectivity index (χ0v) is 16.1. The van der Waals surface area contributed by atoms with E-state index in [9.17, 15) is 9.59 Å². The fourth-order valence-electron chi connectivity index (χ4n) is 3.72. The number of amides is 2. The average Bonchev–Trinajstić information content (AvgIpc) is 2.94. The standard InChI is InChI=1S/C20H26N4O3/c1-13-19(14(2)24(22-13)12-18(21)25)15-6-4-7-16(10-15)20(26)23-9-5-8-17(11-23)27-3/h4,6-7,10,17H,5,8-9,11-12H2,1-3H3,(H2,21,25). The van der Waals surface area contributed by atoms with Crippen molar-refractivity contribution in [3.05, 3.63) is 41.2 Å². The SMILES string of the molecule is COC1CCCN(C(=O)c2cccc(-c3c(C)nn(CC(N)=O)c3C)c2)C1. The van der Waals surface area contributed by atoms with Gasteiger partial charge in [-0.3, -0.25) is 14.3 Å². The molecule has 27 heavy (non-hydrogen) atoms. The minimum atomic E-state index is -0.436. The molecule has 1 aromatic carbocycles. The lowest BCUT2D eigenvalue weighted by Crippen LogP contribution is -2.42. The molecule has 2 heterocycles. The van der Waals surface area contributed by atoms with Crippen molar-refractivity contribution in [1.82, 2.24) is 14.7 Å². The highest BCUT2D eigenvalue weighted by Crippen LogP contribution is 2.28. The summed E-state index contributed by atoms with van der Waals surface area (Å²) in [6.07, 6.45) is 2.03. The molecule has 3 rings (SSSR count). The van der Waals surface area contributed by atoms with Crippen LogP contribution in [0.4, 0.5) is 0 Å². The molecule has 0 spiro atoms. The van der Waals surface area contributed by atoms with Gasteiger partial charge in [0.15, 0.2) is 0 Å². The molecular formula is C20H26N4O3. The van der Waals surface area contributed by atoms with Crippen LogP contribution in [-0.2, 0) is 16.1 Å². The Morgan fingerprint density at radius 3 is 2.81 bits per heavy atom. The van der Waals surface area contributed by atoms with Crippen molar-refractivity contribution in [2.45, 2.75) is 39.3 Å². The molecule has 0 radical (unpaired) electrons. The molecule has 1 aliphatic rings. The number of nitrogens with two attached hydrogens (primary N) is 1. The summed E-state index contributed by atoms with van der Waals surface area (Å²) in [4.78, 5) is 26.1. The summed E-state index contributed by atoms with van der Waals surface area (Å²) in [7, 11) is 1.69. The molecule has 0 bridgehead atoms. The molecule has 1 unspecified atom stereocenters. The molecule has 1 aromatic heterocycles. The highest BCUT2D eigenvalue weighted by Gasteiger charge is 2.25. The van der Waals surface area contributed by atoms with E-state index < -0.39 is 5.91 Å². The zero-order chi connectivity index (χ0) is 19.6. The second-order valence-corrected chi connectivity index (χ2v) is 7.00. The number of rotatable bonds is 5. The van der Waals surface area contributed by atoms with Gasteiger partial charge in [0.05, 0.1) is 11.8 Å². The molecule has 7 heteroatoms. The molecule has 0 aliphatic carbocycles. The fraction of sp³-hybridized carbons (Fsp3) is 0.450. The number of benzene rings is 1. The predicted octanol–water partition coefficient (Wildman–Crippen LogP) is 1.90. The summed E-state index contributed by atoms with van der Waals surface area (Å²) in [5.41, 5.74) is 9.44. The van der Waals surface area contributed by atoms with Crippen LogP contribution < -0.4 is 5.73 Å². The molecule has 2 amide bonds. The van der Waals surface area contributed by atoms with Crippen LogP contribution in [0.1, 0.15) is 34.6 Å². The number of likely N-dealkylation sites (tertiary alicyclic amines) is 1. The van der Waals surface area contributed by atoms with Gasteiger partial charge in [0.1, 0.15) is 6.54 Å². The van der Waals surface area contributed by atoms with Crippen LogP contribution in [0.5, 0.6) is 0 Å². The first-order valence-electron chi connectivity index (χ1n) is 9.15. The Labute approximate surface area is 159 Å². The highest BCUT2D eigenvalue weighted by molar-refractivity contribution is 5.95. The summed E-state index contributed by atoms with van der Waals surface area (Å²) >= 11 is 0. The van der Waals surface area contributed by atoms with Crippen LogP contribution in [0, 0.1) is 13.8 Å². The van der Waals surface area contributed by atoms with Crippen molar-refractivity contribution in [3.63, 3.8) is 0 Å². The van der Waals surface area contributed by atoms with Crippen molar-refractivity contribution < 1.29 is 14.3 Å². The number of aryl methyl sites for hydroxylation is 1. The Morgan fingerprint density at radius 2 is 2.11 bits per heavy atom. The number of primary amides is 1. The van der Waals surface area contributed by atoms with Gasteiger partial charge in [-0.1, -0.05) is 12.1 Å². The van der Waals surface area contributed by atoms with Crippen molar-refractivity contribution in [2.75, 3.05) is 20.2 Å². The lowest BCUT2D eigenvalue weighted by atomic mass is 10.00. The number of methoxy groups -OCH3 is 1. The number of carbonyl (C=O) groups is 2. The Morgan fingerprint density at radius 1 is 1.33 bits per heavy atom. The van der Waals surface area contributed by atoms with Gasteiger partial charge in [0.25, 0.3) is 5.91 Å². The first-order chi connectivity index (χ1) is 12.9. The molecule has 1 saturated heterocycles. The van der Waals surface area contributed by atoms with Gasteiger partial charge in [0.2, 0.25) is 5.91 Å². The lowest BCUT2D eigenvalue weighted by molar-refractivity contribution is -0.118. The molecule has 1 fully saturated rings. The second-order valence-electron chi connectivity index (χ2n) is 7.00. The van der Waals surface area contributed by atoms with Crippen molar-refractivity contribution >= 4 is 11.8 Å². The summed E-state index contributed by atoms with van der Waals surface area (Å²) in [6.45, 7) is 5.20. The fourth-order valence-corrected chi connectivity index (χ4v) is 3.72. The summed E-state index contributed by atoms with van der Waals surface area (Å²) in [5.74, 6) is -0.424. The van der Waals surface area contributed by atoms with Crippen molar-refractivity contribution in [2.24, 2.45) is 5.73 Å². The van der Waals surface area contributed by atoms with Gasteiger partial charge in [-0.25, -0.2) is 0 Å². The molecule has 1 aliphatic heterocycles. The van der Waals surface area contributed by atoms with Gasteiger partial charge < -0.3 is 15.4 Å². The van der Waals surface area contributed by atoms with E-state index in [1.807, 2.05) is 43.0 Å². The molecule has 144 valence electrons. The number of carbonyl (C=O) groups excluding carboxylic acids is 2. The third kappa shape index (κ3) is 4.03. The van der Waals surface area contributed by atoms with E-state index in [-0.39, 0.29) is 18.6 Å². The topological polar surface area (TPSA) is 90.4 Å². The Kier molecular flexibility index (Phi) is 5.60. The number of piperidine rings is 1. The number of ether oxygens (including phenoxy) is 1. The molecule has 7 nitrogen and oxygen atoms in total. The third-order valence-corrected chi connectivity index (χ3v) is 5.08. The van der Waals surface area contributed by atoms with E-state index in [1.165, 1.54) is 0 Å². The smallest absolute Gasteiger partial charge is 0.253 e. The van der Waals surface area contributed by atoms with Crippen molar-refractivity contribution in [3.8, 4) is 11.1 Å². The minimum Gasteiger partial charge on any atom is -0.380 e. The van der Waals surface area contributed by atoms with E-state index in [1.54, 1.807) is 11.8 Å². The quantitative estimate of drug-likeness (QED) is 0.870. The maximum Gasteiger partial charge on any atom is 0.253 e. The lowest BCUT2D eigenvalue weighted by Gasteiger charge is -2.32. The normalized spacial score (nSPS) is 17.1. The third-order valence-electron chi connectivity index (χ3n) is 5.08.